The second kappa shape index (κ2) is 3.88. The van der Waals surface area contributed by atoms with Crippen LogP contribution < -0.4 is 5.32 Å². The molecule has 1 aromatic rings. The molecule has 4 nitrogen and oxygen atoms in total. The standard InChI is InChI=1S/C7H11N3O/c1-6(5-11)9-7-3-2-4-8-10-7/h2-4,6,11H,5H2,1H3,(H,9,10). The van der Waals surface area contributed by atoms with Crippen molar-refractivity contribution in [3.8, 4) is 0 Å². The highest BCUT2D eigenvalue weighted by Crippen LogP contribution is 1.99. The van der Waals surface area contributed by atoms with Crippen LogP contribution in [0.15, 0.2) is 18.3 Å². The van der Waals surface area contributed by atoms with Crippen molar-refractivity contribution >= 4 is 5.82 Å². The molecule has 1 aromatic heterocycles. The molecule has 60 valence electrons. The molecule has 2 N–H and O–H groups in total. The molecule has 0 spiro atoms. The number of hydrogen-bond acceptors (Lipinski definition) is 4. The van der Waals surface area contributed by atoms with E-state index in [9.17, 15) is 0 Å². The lowest BCUT2D eigenvalue weighted by Crippen LogP contribution is -2.19. The summed E-state index contributed by atoms with van der Waals surface area (Å²) in [5, 5.41) is 19.1. The molecule has 0 radical (unpaired) electrons. The van der Waals surface area contributed by atoms with Crippen LogP contribution in [-0.4, -0.2) is 28.0 Å². The van der Waals surface area contributed by atoms with Gasteiger partial charge in [-0.15, -0.1) is 5.10 Å². The first kappa shape index (κ1) is 7.94. The van der Waals surface area contributed by atoms with Gasteiger partial charge in [0.2, 0.25) is 0 Å². The van der Waals surface area contributed by atoms with Crippen LogP contribution in [0, 0.1) is 0 Å². The second-order valence-corrected chi connectivity index (χ2v) is 2.34. The van der Waals surface area contributed by atoms with E-state index >= 15 is 0 Å². The molecule has 0 aliphatic heterocycles. The fourth-order valence-corrected chi connectivity index (χ4v) is 0.677. The normalized spacial score (nSPS) is 12.5. The molecule has 4 heteroatoms. The molecule has 0 aromatic carbocycles. The quantitative estimate of drug-likeness (QED) is 0.654. The first-order valence-corrected chi connectivity index (χ1v) is 3.48. The third-order valence-electron chi connectivity index (χ3n) is 1.24. The van der Waals surface area contributed by atoms with Crippen LogP contribution in [0.3, 0.4) is 0 Å². The molecule has 1 heterocycles. The van der Waals surface area contributed by atoms with E-state index in [4.69, 9.17) is 5.11 Å². The average Bonchev–Trinajstić information content (AvgIpc) is 2.06. The van der Waals surface area contributed by atoms with E-state index in [1.807, 2.05) is 6.92 Å². The largest absolute Gasteiger partial charge is 0.394 e. The van der Waals surface area contributed by atoms with Crippen LogP contribution in [0.5, 0.6) is 0 Å². The van der Waals surface area contributed by atoms with E-state index in [2.05, 4.69) is 15.5 Å². The summed E-state index contributed by atoms with van der Waals surface area (Å²) in [5.74, 6) is 0.689. The Morgan fingerprint density at radius 3 is 3.09 bits per heavy atom. The monoisotopic (exact) mass is 153 g/mol. The topological polar surface area (TPSA) is 58.0 Å². The maximum Gasteiger partial charge on any atom is 0.148 e. The van der Waals surface area contributed by atoms with Crippen molar-refractivity contribution in [1.82, 2.24) is 10.2 Å². The number of aliphatic hydroxyl groups is 1. The molecule has 0 saturated carbocycles. The van der Waals surface area contributed by atoms with Crippen LogP contribution >= 0.6 is 0 Å². The van der Waals surface area contributed by atoms with Crippen LogP contribution in [0.2, 0.25) is 0 Å². The Bertz CT molecular complexity index is 202. The molecule has 0 bridgehead atoms. The molecule has 0 saturated heterocycles. The third kappa shape index (κ3) is 2.51. The van der Waals surface area contributed by atoms with Gasteiger partial charge in [-0.2, -0.15) is 5.10 Å². The molecular weight excluding hydrogens is 142 g/mol. The van der Waals surface area contributed by atoms with E-state index in [0.29, 0.717) is 5.82 Å². The Morgan fingerprint density at radius 2 is 2.55 bits per heavy atom. The number of aliphatic hydroxyl groups excluding tert-OH is 1. The minimum absolute atomic E-state index is 0.0201. The van der Waals surface area contributed by atoms with Crippen molar-refractivity contribution in [1.29, 1.82) is 0 Å². The summed E-state index contributed by atoms with van der Waals surface area (Å²) >= 11 is 0. The van der Waals surface area contributed by atoms with Crippen molar-refractivity contribution in [3.05, 3.63) is 18.3 Å². The van der Waals surface area contributed by atoms with Crippen molar-refractivity contribution in [2.24, 2.45) is 0 Å². The molecule has 0 aliphatic rings. The van der Waals surface area contributed by atoms with E-state index in [1.54, 1.807) is 18.3 Å². The Kier molecular flexibility index (Phi) is 2.80. The van der Waals surface area contributed by atoms with Gasteiger partial charge in [0.1, 0.15) is 5.82 Å². The number of rotatable bonds is 3. The Morgan fingerprint density at radius 1 is 1.73 bits per heavy atom. The Balaban J connectivity index is 2.51. The van der Waals surface area contributed by atoms with E-state index in [1.165, 1.54) is 0 Å². The first-order chi connectivity index (χ1) is 5.33. The van der Waals surface area contributed by atoms with Crippen molar-refractivity contribution in [2.45, 2.75) is 13.0 Å². The SMILES string of the molecule is CC(CO)Nc1cccnn1. The zero-order valence-electron chi connectivity index (χ0n) is 6.36. The molecule has 11 heavy (non-hydrogen) atoms. The van der Waals surface area contributed by atoms with Crippen LogP contribution in [0.25, 0.3) is 0 Å². The molecule has 0 amide bonds. The smallest absolute Gasteiger partial charge is 0.148 e. The van der Waals surface area contributed by atoms with Gasteiger partial charge in [-0.25, -0.2) is 0 Å². The number of aromatic nitrogens is 2. The number of nitrogens with one attached hydrogen (secondary N) is 1. The fraction of sp³-hybridized carbons (Fsp3) is 0.429. The van der Waals surface area contributed by atoms with E-state index in [-0.39, 0.29) is 12.6 Å². The highest BCUT2D eigenvalue weighted by molar-refractivity contribution is 5.32. The van der Waals surface area contributed by atoms with Gasteiger partial charge in [-0.05, 0) is 19.1 Å². The summed E-state index contributed by atoms with van der Waals surface area (Å²) in [6.07, 6.45) is 1.61. The summed E-state index contributed by atoms with van der Waals surface area (Å²) < 4.78 is 0. The van der Waals surface area contributed by atoms with E-state index < -0.39 is 0 Å². The summed E-state index contributed by atoms with van der Waals surface area (Å²) in [6.45, 7) is 1.96. The molecule has 1 rings (SSSR count). The maximum atomic E-state index is 8.69. The predicted molar refractivity (Wildman–Crippen MR) is 42.2 cm³/mol. The molecule has 0 aliphatic carbocycles. The first-order valence-electron chi connectivity index (χ1n) is 3.48. The van der Waals surface area contributed by atoms with Gasteiger partial charge in [0.15, 0.2) is 0 Å². The third-order valence-corrected chi connectivity index (χ3v) is 1.24. The second-order valence-electron chi connectivity index (χ2n) is 2.34. The van der Waals surface area contributed by atoms with Crippen LogP contribution in [0.4, 0.5) is 5.82 Å². The minimum Gasteiger partial charge on any atom is -0.394 e. The number of hydrogen-bond donors (Lipinski definition) is 2. The number of anilines is 1. The van der Waals surface area contributed by atoms with Gasteiger partial charge in [0.05, 0.1) is 6.61 Å². The van der Waals surface area contributed by atoms with Gasteiger partial charge in [-0.1, -0.05) is 0 Å². The Hall–Kier alpha value is -1.16. The van der Waals surface area contributed by atoms with E-state index in [0.717, 1.165) is 0 Å². The molecule has 1 unspecified atom stereocenters. The lowest BCUT2D eigenvalue weighted by atomic mass is 10.3. The van der Waals surface area contributed by atoms with Crippen molar-refractivity contribution < 1.29 is 5.11 Å². The van der Waals surface area contributed by atoms with Crippen LogP contribution in [0.1, 0.15) is 6.92 Å². The lowest BCUT2D eigenvalue weighted by Gasteiger charge is -2.09. The molecule has 1 atom stereocenters. The summed E-state index contributed by atoms with van der Waals surface area (Å²) in [5.41, 5.74) is 0. The number of nitrogens with zero attached hydrogens (tertiary/aromatic N) is 2. The predicted octanol–water partition coefficient (Wildman–Crippen LogP) is 0.269. The zero-order valence-corrected chi connectivity index (χ0v) is 6.36. The van der Waals surface area contributed by atoms with Crippen molar-refractivity contribution in [3.63, 3.8) is 0 Å². The maximum absolute atomic E-state index is 8.69. The van der Waals surface area contributed by atoms with Crippen molar-refractivity contribution in [2.75, 3.05) is 11.9 Å². The fourth-order valence-electron chi connectivity index (χ4n) is 0.677. The van der Waals surface area contributed by atoms with Gasteiger partial charge in [0.25, 0.3) is 0 Å². The van der Waals surface area contributed by atoms with Gasteiger partial charge in [0, 0.05) is 12.2 Å². The van der Waals surface area contributed by atoms with Gasteiger partial charge >= 0.3 is 0 Å². The average molecular weight is 153 g/mol. The summed E-state index contributed by atoms with van der Waals surface area (Å²) in [7, 11) is 0. The lowest BCUT2D eigenvalue weighted by molar-refractivity contribution is 0.281. The van der Waals surface area contributed by atoms with Gasteiger partial charge in [-0.3, -0.25) is 0 Å². The summed E-state index contributed by atoms with van der Waals surface area (Å²) in [6, 6.07) is 3.62. The molecular formula is C7H11N3O. The summed E-state index contributed by atoms with van der Waals surface area (Å²) in [4.78, 5) is 0. The highest BCUT2D eigenvalue weighted by atomic mass is 16.3. The minimum atomic E-state index is 0.0201. The highest BCUT2D eigenvalue weighted by Gasteiger charge is 1.98. The Labute approximate surface area is 65.3 Å². The van der Waals surface area contributed by atoms with Gasteiger partial charge < -0.3 is 10.4 Å². The zero-order chi connectivity index (χ0) is 8.10. The van der Waals surface area contributed by atoms with Crippen LogP contribution in [-0.2, 0) is 0 Å². The molecule has 0 fully saturated rings.